The van der Waals surface area contributed by atoms with Crippen LogP contribution in [0.3, 0.4) is 0 Å². The molecule has 0 saturated carbocycles. The summed E-state index contributed by atoms with van der Waals surface area (Å²) in [5, 5.41) is 0. The van der Waals surface area contributed by atoms with Crippen LogP contribution in [0.5, 0.6) is 0 Å². The maximum atomic E-state index is 12.2. The Balaban J connectivity index is 1.80. The molecule has 3 rings (SSSR count). The first kappa shape index (κ1) is 11.1. The highest BCUT2D eigenvalue weighted by Gasteiger charge is 2.19. The Bertz CT molecular complexity index is 522. The van der Waals surface area contributed by atoms with E-state index in [2.05, 4.69) is 0 Å². The van der Waals surface area contributed by atoms with Crippen molar-refractivity contribution in [2.75, 3.05) is 13.1 Å². The van der Waals surface area contributed by atoms with E-state index >= 15 is 0 Å². The van der Waals surface area contributed by atoms with E-state index in [4.69, 9.17) is 0 Å². The van der Waals surface area contributed by atoms with E-state index in [9.17, 15) is 4.79 Å². The summed E-state index contributed by atoms with van der Waals surface area (Å²) < 4.78 is 2.03. The van der Waals surface area contributed by atoms with Crippen molar-refractivity contribution in [1.82, 2.24) is 9.47 Å². The SMILES string of the molecule is O=C(c1ccc(-n2cccc2)cc1)N1CCCC1. The van der Waals surface area contributed by atoms with Gasteiger partial charge in [-0.25, -0.2) is 0 Å². The van der Waals surface area contributed by atoms with Gasteiger partial charge in [-0.1, -0.05) is 0 Å². The van der Waals surface area contributed by atoms with Gasteiger partial charge in [-0.3, -0.25) is 4.79 Å². The highest BCUT2D eigenvalue weighted by molar-refractivity contribution is 5.94. The van der Waals surface area contributed by atoms with Crippen LogP contribution in [0.15, 0.2) is 48.8 Å². The van der Waals surface area contributed by atoms with E-state index in [1.54, 1.807) is 0 Å². The number of hydrogen-bond donors (Lipinski definition) is 0. The first-order chi connectivity index (χ1) is 8.84. The standard InChI is InChI=1S/C15H16N2O/c18-15(17-11-3-4-12-17)13-5-7-14(8-6-13)16-9-1-2-10-16/h1-2,5-10H,3-4,11-12H2. The average molecular weight is 240 g/mol. The molecule has 1 saturated heterocycles. The molecule has 0 spiro atoms. The summed E-state index contributed by atoms with van der Waals surface area (Å²) in [5.41, 5.74) is 1.87. The van der Waals surface area contributed by atoms with Crippen LogP contribution in [0.25, 0.3) is 5.69 Å². The Morgan fingerprint density at radius 2 is 1.56 bits per heavy atom. The molecule has 1 aliphatic heterocycles. The van der Waals surface area contributed by atoms with Crippen molar-refractivity contribution in [1.29, 1.82) is 0 Å². The molecule has 0 atom stereocenters. The summed E-state index contributed by atoms with van der Waals surface area (Å²) in [6.07, 6.45) is 6.26. The van der Waals surface area contributed by atoms with Crippen molar-refractivity contribution in [3.63, 3.8) is 0 Å². The normalized spacial score (nSPS) is 15.0. The van der Waals surface area contributed by atoms with Crippen LogP contribution in [0.4, 0.5) is 0 Å². The minimum absolute atomic E-state index is 0.159. The molecule has 1 aliphatic rings. The van der Waals surface area contributed by atoms with E-state index in [1.807, 2.05) is 58.3 Å². The topological polar surface area (TPSA) is 25.2 Å². The molecule has 1 aromatic heterocycles. The van der Waals surface area contributed by atoms with Crippen LogP contribution in [-0.2, 0) is 0 Å². The zero-order chi connectivity index (χ0) is 12.4. The van der Waals surface area contributed by atoms with Crippen molar-refractivity contribution in [2.24, 2.45) is 0 Å². The molecule has 2 heterocycles. The molecule has 0 radical (unpaired) electrons. The summed E-state index contributed by atoms with van der Waals surface area (Å²) >= 11 is 0. The molecular weight excluding hydrogens is 224 g/mol. The third-order valence-corrected chi connectivity index (χ3v) is 3.41. The van der Waals surface area contributed by atoms with Gasteiger partial charge in [0.2, 0.25) is 0 Å². The second-order valence-electron chi connectivity index (χ2n) is 4.64. The summed E-state index contributed by atoms with van der Waals surface area (Å²) in [5.74, 6) is 0.159. The number of nitrogens with zero attached hydrogens (tertiary/aromatic N) is 2. The second kappa shape index (κ2) is 4.69. The smallest absolute Gasteiger partial charge is 0.253 e. The Morgan fingerprint density at radius 1 is 0.944 bits per heavy atom. The lowest BCUT2D eigenvalue weighted by Crippen LogP contribution is -2.27. The molecule has 0 N–H and O–H groups in total. The molecule has 2 aromatic rings. The third kappa shape index (κ3) is 2.04. The lowest BCUT2D eigenvalue weighted by atomic mass is 10.2. The molecule has 3 nitrogen and oxygen atoms in total. The molecule has 1 aromatic carbocycles. The van der Waals surface area contributed by atoms with Crippen LogP contribution in [-0.4, -0.2) is 28.5 Å². The lowest BCUT2D eigenvalue weighted by molar-refractivity contribution is 0.0793. The first-order valence-electron chi connectivity index (χ1n) is 6.37. The van der Waals surface area contributed by atoms with Crippen LogP contribution >= 0.6 is 0 Å². The van der Waals surface area contributed by atoms with Gasteiger partial charge in [0.15, 0.2) is 0 Å². The summed E-state index contributed by atoms with van der Waals surface area (Å²) in [6.45, 7) is 1.80. The van der Waals surface area contributed by atoms with Gasteiger partial charge in [0.25, 0.3) is 5.91 Å². The summed E-state index contributed by atoms with van der Waals surface area (Å²) in [6, 6.07) is 11.8. The number of likely N-dealkylation sites (tertiary alicyclic amines) is 1. The van der Waals surface area contributed by atoms with E-state index in [0.717, 1.165) is 37.2 Å². The number of aromatic nitrogens is 1. The van der Waals surface area contributed by atoms with Gasteiger partial charge >= 0.3 is 0 Å². The molecule has 3 heteroatoms. The number of amides is 1. The predicted molar refractivity (Wildman–Crippen MR) is 70.9 cm³/mol. The van der Waals surface area contributed by atoms with Crippen molar-refractivity contribution >= 4 is 5.91 Å². The number of carbonyl (C=O) groups is 1. The van der Waals surface area contributed by atoms with Crippen LogP contribution in [0.1, 0.15) is 23.2 Å². The predicted octanol–water partition coefficient (Wildman–Crippen LogP) is 2.71. The van der Waals surface area contributed by atoms with Gasteiger partial charge in [0, 0.05) is 36.7 Å². The summed E-state index contributed by atoms with van der Waals surface area (Å²) in [7, 11) is 0. The van der Waals surface area contributed by atoms with Gasteiger partial charge in [-0.05, 0) is 49.2 Å². The lowest BCUT2D eigenvalue weighted by Gasteiger charge is -2.15. The van der Waals surface area contributed by atoms with Gasteiger partial charge in [0.1, 0.15) is 0 Å². The second-order valence-corrected chi connectivity index (χ2v) is 4.64. The van der Waals surface area contributed by atoms with Crippen LogP contribution < -0.4 is 0 Å². The maximum absolute atomic E-state index is 12.2. The zero-order valence-corrected chi connectivity index (χ0v) is 10.2. The number of rotatable bonds is 2. The third-order valence-electron chi connectivity index (χ3n) is 3.41. The highest BCUT2D eigenvalue weighted by Crippen LogP contribution is 2.15. The molecule has 92 valence electrons. The van der Waals surface area contributed by atoms with E-state index in [1.165, 1.54) is 0 Å². The molecule has 0 bridgehead atoms. The van der Waals surface area contributed by atoms with E-state index < -0.39 is 0 Å². The van der Waals surface area contributed by atoms with Gasteiger partial charge in [-0.15, -0.1) is 0 Å². The molecule has 1 amide bonds. The minimum Gasteiger partial charge on any atom is -0.339 e. The van der Waals surface area contributed by atoms with Gasteiger partial charge in [-0.2, -0.15) is 0 Å². The quantitative estimate of drug-likeness (QED) is 0.792. The van der Waals surface area contributed by atoms with Crippen molar-refractivity contribution < 1.29 is 4.79 Å². The number of carbonyl (C=O) groups excluding carboxylic acids is 1. The Labute approximate surface area is 107 Å². The highest BCUT2D eigenvalue weighted by atomic mass is 16.2. The average Bonchev–Trinajstić information content (AvgIpc) is 3.11. The Hall–Kier alpha value is -2.03. The first-order valence-corrected chi connectivity index (χ1v) is 6.37. The van der Waals surface area contributed by atoms with Gasteiger partial charge < -0.3 is 9.47 Å². The monoisotopic (exact) mass is 240 g/mol. The Morgan fingerprint density at radius 3 is 2.17 bits per heavy atom. The molecule has 0 unspecified atom stereocenters. The van der Waals surface area contributed by atoms with E-state index in [0.29, 0.717) is 0 Å². The molecule has 18 heavy (non-hydrogen) atoms. The number of hydrogen-bond acceptors (Lipinski definition) is 1. The summed E-state index contributed by atoms with van der Waals surface area (Å²) in [4.78, 5) is 14.1. The van der Waals surface area contributed by atoms with Crippen LogP contribution in [0, 0.1) is 0 Å². The molecule has 1 fully saturated rings. The largest absolute Gasteiger partial charge is 0.339 e. The van der Waals surface area contributed by atoms with Gasteiger partial charge in [0.05, 0.1) is 0 Å². The van der Waals surface area contributed by atoms with Crippen molar-refractivity contribution in [3.8, 4) is 5.69 Å². The zero-order valence-electron chi connectivity index (χ0n) is 10.2. The fraction of sp³-hybridized carbons (Fsp3) is 0.267. The molecule has 0 aliphatic carbocycles. The fourth-order valence-corrected chi connectivity index (χ4v) is 2.39. The van der Waals surface area contributed by atoms with Crippen molar-refractivity contribution in [3.05, 3.63) is 54.4 Å². The van der Waals surface area contributed by atoms with Crippen LogP contribution in [0.2, 0.25) is 0 Å². The maximum Gasteiger partial charge on any atom is 0.253 e. The van der Waals surface area contributed by atoms with Crippen molar-refractivity contribution in [2.45, 2.75) is 12.8 Å². The number of benzene rings is 1. The Kier molecular flexibility index (Phi) is 2.89. The minimum atomic E-state index is 0.159. The molecular formula is C15H16N2O. The van der Waals surface area contributed by atoms with E-state index in [-0.39, 0.29) is 5.91 Å². The fourth-order valence-electron chi connectivity index (χ4n) is 2.39.